The maximum atomic E-state index is 12.3. The van der Waals surface area contributed by atoms with E-state index < -0.39 is 6.10 Å². The molecule has 0 aliphatic carbocycles. The molecule has 1 aliphatic rings. The molecule has 5 heteroatoms. The SMILES string of the molecule is CN(C(=O)C1CCC(CN)O1)c1ccc(C#N)cc1. The fraction of sp³-hybridized carbons (Fsp3) is 0.429. The summed E-state index contributed by atoms with van der Waals surface area (Å²) in [6, 6.07) is 8.94. The van der Waals surface area contributed by atoms with E-state index in [9.17, 15) is 4.79 Å². The topological polar surface area (TPSA) is 79.3 Å². The molecule has 0 spiro atoms. The normalized spacial score (nSPS) is 21.9. The molecule has 1 amide bonds. The molecule has 0 radical (unpaired) electrons. The number of benzene rings is 1. The van der Waals surface area contributed by atoms with Gasteiger partial charge in [0.25, 0.3) is 5.91 Å². The van der Waals surface area contributed by atoms with Crippen LogP contribution in [0.4, 0.5) is 5.69 Å². The third-order valence-electron chi connectivity index (χ3n) is 3.36. The Morgan fingerprint density at radius 2 is 2.16 bits per heavy atom. The molecular formula is C14H17N3O2. The highest BCUT2D eigenvalue weighted by atomic mass is 16.5. The number of amides is 1. The van der Waals surface area contributed by atoms with Gasteiger partial charge in [0.05, 0.1) is 17.7 Å². The van der Waals surface area contributed by atoms with Gasteiger partial charge in [0.15, 0.2) is 0 Å². The minimum atomic E-state index is -0.408. The predicted octanol–water partition coefficient (Wildman–Crippen LogP) is 1.03. The standard InChI is InChI=1S/C14H17N3O2/c1-17(11-4-2-10(8-15)3-5-11)14(18)13-7-6-12(9-16)19-13/h2-5,12-13H,6-7,9,16H2,1H3. The van der Waals surface area contributed by atoms with Gasteiger partial charge >= 0.3 is 0 Å². The van der Waals surface area contributed by atoms with Crippen molar-refractivity contribution in [2.75, 3.05) is 18.5 Å². The summed E-state index contributed by atoms with van der Waals surface area (Å²) in [5.74, 6) is -0.0688. The number of likely N-dealkylation sites (N-methyl/N-ethyl adjacent to an activating group) is 1. The Kier molecular flexibility index (Phi) is 4.15. The fourth-order valence-electron chi connectivity index (χ4n) is 2.16. The maximum Gasteiger partial charge on any atom is 0.255 e. The van der Waals surface area contributed by atoms with Crippen LogP contribution in [0.5, 0.6) is 0 Å². The monoisotopic (exact) mass is 259 g/mol. The molecule has 19 heavy (non-hydrogen) atoms. The van der Waals surface area contributed by atoms with Crippen LogP contribution in [0.15, 0.2) is 24.3 Å². The van der Waals surface area contributed by atoms with Crippen molar-refractivity contribution in [2.24, 2.45) is 5.73 Å². The molecule has 0 aromatic heterocycles. The van der Waals surface area contributed by atoms with E-state index in [1.165, 1.54) is 0 Å². The summed E-state index contributed by atoms with van der Waals surface area (Å²) < 4.78 is 5.59. The smallest absolute Gasteiger partial charge is 0.255 e. The lowest BCUT2D eigenvalue weighted by atomic mass is 10.1. The Morgan fingerprint density at radius 3 is 2.68 bits per heavy atom. The average Bonchev–Trinajstić information content (AvgIpc) is 2.94. The molecule has 2 atom stereocenters. The third-order valence-corrected chi connectivity index (χ3v) is 3.36. The third kappa shape index (κ3) is 2.92. The van der Waals surface area contributed by atoms with Crippen molar-refractivity contribution < 1.29 is 9.53 Å². The summed E-state index contributed by atoms with van der Waals surface area (Å²) in [4.78, 5) is 13.8. The Bertz CT molecular complexity index is 492. The minimum absolute atomic E-state index is 0.0108. The number of nitriles is 1. The summed E-state index contributed by atoms with van der Waals surface area (Å²) in [6.07, 6.45) is 1.12. The second kappa shape index (κ2) is 5.83. The van der Waals surface area contributed by atoms with E-state index in [2.05, 4.69) is 0 Å². The second-order valence-corrected chi connectivity index (χ2v) is 4.62. The number of nitrogens with zero attached hydrogens (tertiary/aromatic N) is 2. The molecular weight excluding hydrogens is 242 g/mol. The van der Waals surface area contributed by atoms with E-state index in [1.54, 1.807) is 36.2 Å². The average molecular weight is 259 g/mol. The van der Waals surface area contributed by atoms with Crippen LogP contribution < -0.4 is 10.6 Å². The van der Waals surface area contributed by atoms with Crippen LogP contribution in [-0.4, -0.2) is 31.7 Å². The van der Waals surface area contributed by atoms with Gasteiger partial charge in [0, 0.05) is 19.3 Å². The summed E-state index contributed by atoms with van der Waals surface area (Å²) in [7, 11) is 1.71. The molecule has 100 valence electrons. The molecule has 2 N–H and O–H groups in total. The molecule has 0 bridgehead atoms. The highest BCUT2D eigenvalue weighted by molar-refractivity contribution is 5.96. The number of hydrogen-bond acceptors (Lipinski definition) is 4. The van der Waals surface area contributed by atoms with Gasteiger partial charge in [-0.2, -0.15) is 5.26 Å². The van der Waals surface area contributed by atoms with Crippen LogP contribution >= 0.6 is 0 Å². The molecule has 1 saturated heterocycles. The van der Waals surface area contributed by atoms with E-state index in [4.69, 9.17) is 15.7 Å². The second-order valence-electron chi connectivity index (χ2n) is 4.62. The van der Waals surface area contributed by atoms with Gasteiger partial charge in [-0.1, -0.05) is 0 Å². The van der Waals surface area contributed by atoms with E-state index in [0.717, 1.165) is 12.1 Å². The lowest BCUT2D eigenvalue weighted by Crippen LogP contribution is -2.37. The van der Waals surface area contributed by atoms with E-state index >= 15 is 0 Å². The highest BCUT2D eigenvalue weighted by Crippen LogP contribution is 2.23. The molecule has 2 rings (SSSR count). The van der Waals surface area contributed by atoms with Gasteiger partial charge in [-0.05, 0) is 37.1 Å². The van der Waals surface area contributed by atoms with Crippen molar-refractivity contribution in [2.45, 2.75) is 25.0 Å². The Labute approximate surface area is 112 Å². The number of nitrogens with two attached hydrogens (primary N) is 1. The van der Waals surface area contributed by atoms with Crippen LogP contribution in [0, 0.1) is 11.3 Å². The summed E-state index contributed by atoms with van der Waals surface area (Å²) >= 11 is 0. The van der Waals surface area contributed by atoms with Crippen LogP contribution in [0.1, 0.15) is 18.4 Å². The number of ether oxygens (including phenoxy) is 1. The van der Waals surface area contributed by atoms with Gasteiger partial charge in [-0.15, -0.1) is 0 Å². The van der Waals surface area contributed by atoms with Crippen molar-refractivity contribution in [3.63, 3.8) is 0 Å². The molecule has 1 aromatic carbocycles. The molecule has 1 fully saturated rings. The molecule has 5 nitrogen and oxygen atoms in total. The number of carbonyl (C=O) groups is 1. The van der Waals surface area contributed by atoms with Gasteiger partial charge in [-0.25, -0.2) is 0 Å². The number of anilines is 1. The van der Waals surface area contributed by atoms with Gasteiger partial charge in [0.1, 0.15) is 6.10 Å². The molecule has 1 aromatic rings. The van der Waals surface area contributed by atoms with Crippen LogP contribution in [0.2, 0.25) is 0 Å². The largest absolute Gasteiger partial charge is 0.364 e. The fourth-order valence-corrected chi connectivity index (χ4v) is 2.16. The summed E-state index contributed by atoms with van der Waals surface area (Å²) in [5, 5.41) is 8.74. The van der Waals surface area contributed by atoms with Crippen molar-refractivity contribution in [3.05, 3.63) is 29.8 Å². The molecule has 2 unspecified atom stereocenters. The summed E-state index contributed by atoms with van der Waals surface area (Å²) in [5.41, 5.74) is 6.86. The molecule has 1 heterocycles. The predicted molar refractivity (Wildman–Crippen MR) is 71.5 cm³/mol. The molecule has 1 aliphatic heterocycles. The zero-order valence-electron chi connectivity index (χ0n) is 10.9. The van der Waals surface area contributed by atoms with Crippen LogP contribution in [-0.2, 0) is 9.53 Å². The first kappa shape index (κ1) is 13.5. The zero-order valence-corrected chi connectivity index (χ0v) is 10.9. The first-order valence-corrected chi connectivity index (χ1v) is 6.29. The van der Waals surface area contributed by atoms with Crippen LogP contribution in [0.3, 0.4) is 0 Å². The first-order valence-electron chi connectivity index (χ1n) is 6.29. The van der Waals surface area contributed by atoms with Crippen molar-refractivity contribution >= 4 is 11.6 Å². The highest BCUT2D eigenvalue weighted by Gasteiger charge is 2.32. The first-order chi connectivity index (χ1) is 9.15. The zero-order chi connectivity index (χ0) is 13.8. The Balaban J connectivity index is 2.04. The molecule has 0 saturated carbocycles. The summed E-state index contributed by atoms with van der Waals surface area (Å²) in [6.45, 7) is 0.449. The Hall–Kier alpha value is -1.90. The van der Waals surface area contributed by atoms with E-state index in [-0.39, 0.29) is 12.0 Å². The van der Waals surface area contributed by atoms with Gasteiger partial charge in [0.2, 0.25) is 0 Å². The van der Waals surface area contributed by atoms with E-state index in [0.29, 0.717) is 18.5 Å². The lowest BCUT2D eigenvalue weighted by molar-refractivity contribution is -0.128. The number of carbonyl (C=O) groups excluding carboxylic acids is 1. The number of hydrogen-bond donors (Lipinski definition) is 1. The lowest BCUT2D eigenvalue weighted by Gasteiger charge is -2.21. The van der Waals surface area contributed by atoms with Crippen LogP contribution in [0.25, 0.3) is 0 Å². The van der Waals surface area contributed by atoms with Gasteiger partial charge < -0.3 is 15.4 Å². The van der Waals surface area contributed by atoms with Crippen molar-refractivity contribution in [3.8, 4) is 6.07 Å². The Morgan fingerprint density at radius 1 is 1.47 bits per heavy atom. The van der Waals surface area contributed by atoms with Crippen molar-refractivity contribution in [1.29, 1.82) is 5.26 Å². The number of rotatable bonds is 3. The minimum Gasteiger partial charge on any atom is -0.364 e. The van der Waals surface area contributed by atoms with Gasteiger partial charge in [-0.3, -0.25) is 4.79 Å². The maximum absolute atomic E-state index is 12.3. The van der Waals surface area contributed by atoms with Crippen molar-refractivity contribution in [1.82, 2.24) is 0 Å². The quantitative estimate of drug-likeness (QED) is 0.879. The van der Waals surface area contributed by atoms with E-state index in [1.807, 2.05) is 6.07 Å².